The monoisotopic (exact) mass is 111 g/mol. The Kier molecular flexibility index (Phi) is 4.04. The Morgan fingerprint density at radius 2 is 2.25 bits per heavy atom. The molecular formula is C7H11O. The van der Waals surface area contributed by atoms with Crippen LogP contribution in [0.1, 0.15) is 20.3 Å². The van der Waals surface area contributed by atoms with E-state index in [9.17, 15) is 5.11 Å². The van der Waals surface area contributed by atoms with E-state index >= 15 is 0 Å². The fraction of sp³-hybridized carbons (Fsp3) is 0.429. The first kappa shape index (κ1) is 7.28. The summed E-state index contributed by atoms with van der Waals surface area (Å²) in [6, 6.07) is 0. The Bertz CT molecular complexity index is 101. The topological polar surface area (TPSA) is 19.9 Å². The van der Waals surface area contributed by atoms with Crippen LogP contribution in [0.15, 0.2) is 24.0 Å². The maximum Gasteiger partial charge on any atom is 0.145 e. The molecule has 0 N–H and O–H groups in total. The van der Waals surface area contributed by atoms with Crippen molar-refractivity contribution in [3.8, 4) is 0 Å². The molecule has 0 fully saturated rings. The van der Waals surface area contributed by atoms with Crippen molar-refractivity contribution >= 4 is 0 Å². The summed E-state index contributed by atoms with van der Waals surface area (Å²) in [7, 11) is 0. The van der Waals surface area contributed by atoms with Gasteiger partial charge in [0.05, 0.1) is 0 Å². The highest BCUT2D eigenvalue weighted by atomic mass is 16.2. The van der Waals surface area contributed by atoms with Crippen LogP contribution in [0.4, 0.5) is 0 Å². The van der Waals surface area contributed by atoms with Gasteiger partial charge in [0.1, 0.15) is 6.26 Å². The molecule has 0 saturated carbocycles. The van der Waals surface area contributed by atoms with Crippen LogP contribution >= 0.6 is 0 Å². The number of hydrogen-bond acceptors (Lipinski definition) is 0. The van der Waals surface area contributed by atoms with Gasteiger partial charge in [-0.1, -0.05) is 19.1 Å². The van der Waals surface area contributed by atoms with Crippen LogP contribution in [-0.2, 0) is 5.11 Å². The average molecular weight is 111 g/mol. The highest BCUT2D eigenvalue weighted by Gasteiger charge is 1.75. The normalized spacial score (nSPS) is 13.0. The van der Waals surface area contributed by atoms with Crippen LogP contribution < -0.4 is 0 Å². The van der Waals surface area contributed by atoms with Crippen LogP contribution in [0, 0.1) is 0 Å². The minimum absolute atomic E-state index is 0.784. The number of hydrogen-bond donors (Lipinski definition) is 0. The maximum absolute atomic E-state index is 9.92. The highest BCUT2D eigenvalue weighted by Crippen LogP contribution is 1.92. The molecule has 8 heavy (non-hydrogen) atoms. The van der Waals surface area contributed by atoms with Crippen molar-refractivity contribution in [3.05, 3.63) is 24.0 Å². The summed E-state index contributed by atoms with van der Waals surface area (Å²) in [6.07, 6.45) is 5.63. The Labute approximate surface area is 50.3 Å². The molecule has 0 aromatic rings. The van der Waals surface area contributed by atoms with Crippen molar-refractivity contribution in [2.75, 3.05) is 0 Å². The molecule has 1 nitrogen and oxygen atoms in total. The Hall–Kier alpha value is -0.720. The quantitative estimate of drug-likeness (QED) is 0.385. The molecule has 0 amide bonds. The van der Waals surface area contributed by atoms with Crippen molar-refractivity contribution in [2.24, 2.45) is 0 Å². The fourth-order valence-electron chi connectivity index (χ4n) is 0.343. The molecule has 0 aliphatic carbocycles. The molecule has 0 rings (SSSR count). The summed E-state index contributed by atoms with van der Waals surface area (Å²) in [5.41, 5.74) is 0.784. The maximum atomic E-state index is 9.92. The van der Waals surface area contributed by atoms with E-state index in [1.54, 1.807) is 6.92 Å². The molecule has 1 heteroatoms. The summed E-state index contributed by atoms with van der Waals surface area (Å²) in [5, 5.41) is 9.92. The third kappa shape index (κ3) is 3.47. The van der Waals surface area contributed by atoms with Crippen molar-refractivity contribution in [3.63, 3.8) is 0 Å². The molecule has 0 unspecified atom stereocenters. The Balaban J connectivity index is 3.53. The van der Waals surface area contributed by atoms with Crippen LogP contribution in [0.5, 0.6) is 0 Å². The molecule has 0 saturated heterocycles. The van der Waals surface area contributed by atoms with Gasteiger partial charge in [-0.25, -0.2) is 0 Å². The van der Waals surface area contributed by atoms with Crippen LogP contribution in [0.2, 0.25) is 0 Å². The van der Waals surface area contributed by atoms with E-state index in [1.807, 2.05) is 19.1 Å². The molecule has 0 bridgehead atoms. The molecule has 0 aliphatic rings. The lowest BCUT2D eigenvalue weighted by molar-refractivity contribution is 0.348. The lowest BCUT2D eigenvalue weighted by Gasteiger charge is -1.81. The van der Waals surface area contributed by atoms with Crippen molar-refractivity contribution < 1.29 is 5.11 Å². The van der Waals surface area contributed by atoms with E-state index in [4.69, 9.17) is 0 Å². The van der Waals surface area contributed by atoms with Gasteiger partial charge in [0.2, 0.25) is 0 Å². The summed E-state index contributed by atoms with van der Waals surface area (Å²) >= 11 is 0. The van der Waals surface area contributed by atoms with E-state index in [0.29, 0.717) is 0 Å². The molecule has 1 radical (unpaired) electrons. The number of rotatable bonds is 2. The van der Waals surface area contributed by atoms with Gasteiger partial charge in [-0.05, 0) is 18.9 Å². The lowest BCUT2D eigenvalue weighted by Crippen LogP contribution is -1.63. The highest BCUT2D eigenvalue weighted by molar-refractivity contribution is 5.12. The smallest absolute Gasteiger partial charge is 0.145 e. The molecule has 0 aromatic carbocycles. The first-order chi connectivity index (χ1) is 3.81. The van der Waals surface area contributed by atoms with Gasteiger partial charge < -0.3 is 0 Å². The molecule has 0 spiro atoms. The van der Waals surface area contributed by atoms with Gasteiger partial charge in [0.15, 0.2) is 0 Å². The Morgan fingerprint density at radius 3 is 2.62 bits per heavy atom. The fourth-order valence-corrected chi connectivity index (χ4v) is 0.343. The third-order valence-electron chi connectivity index (χ3n) is 0.802. The van der Waals surface area contributed by atoms with Crippen LogP contribution in [0.3, 0.4) is 0 Å². The number of allylic oxidation sites excluding steroid dienone is 3. The van der Waals surface area contributed by atoms with Gasteiger partial charge in [-0.2, -0.15) is 0 Å². The zero-order valence-electron chi connectivity index (χ0n) is 5.35. The third-order valence-corrected chi connectivity index (χ3v) is 0.802. The summed E-state index contributed by atoms with van der Waals surface area (Å²) in [5.74, 6) is 0. The van der Waals surface area contributed by atoms with Gasteiger partial charge in [0.25, 0.3) is 0 Å². The zero-order chi connectivity index (χ0) is 6.41. The minimum Gasteiger partial charge on any atom is -0.298 e. The predicted molar refractivity (Wildman–Crippen MR) is 33.9 cm³/mol. The average Bonchev–Trinajstić information content (AvgIpc) is 1.83. The predicted octanol–water partition coefficient (Wildman–Crippen LogP) is 2.29. The SMILES string of the molecule is CC/C=C/C(C)=C/[O]. The molecule has 0 atom stereocenters. The summed E-state index contributed by atoms with van der Waals surface area (Å²) in [4.78, 5) is 0. The first-order valence-corrected chi connectivity index (χ1v) is 2.76. The van der Waals surface area contributed by atoms with Gasteiger partial charge in [-0.15, -0.1) is 0 Å². The molecular weight excluding hydrogens is 100 g/mol. The van der Waals surface area contributed by atoms with Gasteiger partial charge >= 0.3 is 0 Å². The molecule has 45 valence electrons. The van der Waals surface area contributed by atoms with E-state index in [1.165, 1.54) is 0 Å². The van der Waals surface area contributed by atoms with E-state index < -0.39 is 0 Å². The van der Waals surface area contributed by atoms with Crippen molar-refractivity contribution in [1.82, 2.24) is 0 Å². The molecule has 0 aliphatic heterocycles. The second-order valence-corrected chi connectivity index (χ2v) is 1.67. The minimum atomic E-state index is 0.784. The van der Waals surface area contributed by atoms with E-state index in [0.717, 1.165) is 18.3 Å². The lowest BCUT2D eigenvalue weighted by atomic mass is 10.3. The van der Waals surface area contributed by atoms with Crippen molar-refractivity contribution in [1.29, 1.82) is 0 Å². The second kappa shape index (κ2) is 4.44. The van der Waals surface area contributed by atoms with Crippen molar-refractivity contribution in [2.45, 2.75) is 20.3 Å². The Morgan fingerprint density at radius 1 is 1.62 bits per heavy atom. The van der Waals surface area contributed by atoms with E-state index in [2.05, 4.69) is 0 Å². The van der Waals surface area contributed by atoms with Crippen LogP contribution in [0.25, 0.3) is 0 Å². The molecule has 0 heterocycles. The second-order valence-electron chi connectivity index (χ2n) is 1.67. The summed E-state index contributed by atoms with van der Waals surface area (Å²) in [6.45, 7) is 3.83. The van der Waals surface area contributed by atoms with Gasteiger partial charge in [-0.3, -0.25) is 5.11 Å². The van der Waals surface area contributed by atoms with Crippen LogP contribution in [-0.4, -0.2) is 0 Å². The van der Waals surface area contributed by atoms with E-state index in [-0.39, 0.29) is 0 Å². The standard InChI is InChI=1S/C7H11O/c1-3-4-5-7(2)6-8/h4-6H,3H2,1-2H3/b5-4+,7-6+. The zero-order valence-corrected chi connectivity index (χ0v) is 5.35. The summed E-state index contributed by atoms with van der Waals surface area (Å²) < 4.78 is 0. The first-order valence-electron chi connectivity index (χ1n) is 2.76. The van der Waals surface area contributed by atoms with Gasteiger partial charge in [0, 0.05) is 0 Å². The largest absolute Gasteiger partial charge is 0.298 e. The molecule has 0 aromatic heterocycles.